The summed E-state index contributed by atoms with van der Waals surface area (Å²) in [6.45, 7) is 5.60. The first-order valence-corrected chi connectivity index (χ1v) is 8.41. The van der Waals surface area contributed by atoms with Gasteiger partial charge in [-0.2, -0.15) is 0 Å². The maximum absolute atomic E-state index is 14.2. The van der Waals surface area contributed by atoms with Crippen molar-refractivity contribution in [2.45, 2.75) is 38.8 Å². The van der Waals surface area contributed by atoms with E-state index in [9.17, 15) is 18.4 Å². The Morgan fingerprint density at radius 2 is 1.73 bits per heavy atom. The summed E-state index contributed by atoms with van der Waals surface area (Å²) in [5, 5.41) is 2.50. The molecular formula is C20H20F2N2O2. The third-order valence-corrected chi connectivity index (χ3v) is 4.73. The fourth-order valence-corrected chi connectivity index (χ4v) is 3.09. The van der Waals surface area contributed by atoms with Crippen LogP contribution in [0.5, 0.6) is 0 Å². The number of imide groups is 1. The van der Waals surface area contributed by atoms with Gasteiger partial charge >= 0.3 is 6.03 Å². The van der Waals surface area contributed by atoms with Crippen molar-refractivity contribution < 1.29 is 18.4 Å². The van der Waals surface area contributed by atoms with Crippen LogP contribution < -0.4 is 5.32 Å². The summed E-state index contributed by atoms with van der Waals surface area (Å²) in [5.74, 6) is -1.65. The highest BCUT2D eigenvalue weighted by molar-refractivity contribution is 6.07. The zero-order chi connectivity index (χ0) is 19.1. The van der Waals surface area contributed by atoms with Crippen LogP contribution >= 0.6 is 0 Å². The van der Waals surface area contributed by atoms with Gasteiger partial charge in [-0.25, -0.2) is 13.6 Å². The molecule has 0 unspecified atom stereocenters. The number of halogens is 2. The SMILES string of the molecule is CC(C)c1ccc(CN2C(=O)N[C@](C)(c3cc(F)ccc3F)C2=O)cc1. The average Bonchev–Trinajstić information content (AvgIpc) is 2.81. The average molecular weight is 358 g/mol. The lowest BCUT2D eigenvalue weighted by atomic mass is 9.91. The highest BCUT2D eigenvalue weighted by Gasteiger charge is 2.50. The van der Waals surface area contributed by atoms with Crippen LogP contribution in [0.2, 0.25) is 0 Å². The molecular weight excluding hydrogens is 338 g/mol. The van der Waals surface area contributed by atoms with Gasteiger partial charge in [0.2, 0.25) is 0 Å². The Labute approximate surface area is 150 Å². The number of nitrogens with zero attached hydrogens (tertiary/aromatic N) is 1. The molecule has 1 aliphatic heterocycles. The lowest BCUT2D eigenvalue weighted by Gasteiger charge is -2.23. The Morgan fingerprint density at radius 3 is 2.35 bits per heavy atom. The molecule has 1 aliphatic rings. The molecule has 4 nitrogen and oxygen atoms in total. The standard InChI is InChI=1S/C20H20F2N2O2/c1-12(2)14-6-4-13(5-7-14)11-24-18(25)20(3,23-19(24)26)16-10-15(21)8-9-17(16)22/h4-10,12H,11H2,1-3H3,(H,23,26)/t20-/m1/s1. The summed E-state index contributed by atoms with van der Waals surface area (Å²) < 4.78 is 27.7. The van der Waals surface area contributed by atoms with Crippen molar-refractivity contribution in [3.63, 3.8) is 0 Å². The van der Waals surface area contributed by atoms with Gasteiger partial charge in [0.25, 0.3) is 5.91 Å². The quantitative estimate of drug-likeness (QED) is 0.838. The number of urea groups is 1. The van der Waals surface area contributed by atoms with Gasteiger partial charge in [0.15, 0.2) is 0 Å². The summed E-state index contributed by atoms with van der Waals surface area (Å²) in [5.41, 5.74) is 0.106. The molecule has 1 heterocycles. The number of hydrogen-bond donors (Lipinski definition) is 1. The minimum Gasteiger partial charge on any atom is -0.319 e. The largest absolute Gasteiger partial charge is 0.325 e. The fraction of sp³-hybridized carbons (Fsp3) is 0.300. The molecule has 1 N–H and O–H groups in total. The number of carbonyl (C=O) groups is 2. The highest BCUT2D eigenvalue weighted by Crippen LogP contribution is 2.32. The monoisotopic (exact) mass is 358 g/mol. The molecule has 2 aromatic carbocycles. The van der Waals surface area contributed by atoms with E-state index in [0.717, 1.165) is 34.2 Å². The molecule has 136 valence electrons. The van der Waals surface area contributed by atoms with E-state index < -0.39 is 29.1 Å². The second-order valence-electron chi connectivity index (χ2n) is 6.97. The predicted octanol–water partition coefficient (Wildman–Crippen LogP) is 4.06. The van der Waals surface area contributed by atoms with Crippen LogP contribution in [0.25, 0.3) is 0 Å². The van der Waals surface area contributed by atoms with Crippen LogP contribution in [0.3, 0.4) is 0 Å². The number of rotatable bonds is 4. The molecule has 2 aromatic rings. The number of nitrogens with one attached hydrogen (secondary N) is 1. The van der Waals surface area contributed by atoms with Gasteiger partial charge in [0.1, 0.15) is 17.2 Å². The predicted molar refractivity (Wildman–Crippen MR) is 93.3 cm³/mol. The highest BCUT2D eigenvalue weighted by atomic mass is 19.1. The summed E-state index contributed by atoms with van der Waals surface area (Å²) in [6.07, 6.45) is 0. The minimum absolute atomic E-state index is 0.0650. The third kappa shape index (κ3) is 3.07. The topological polar surface area (TPSA) is 49.4 Å². The van der Waals surface area contributed by atoms with Gasteiger partial charge in [0.05, 0.1) is 6.54 Å². The van der Waals surface area contributed by atoms with Gasteiger partial charge in [-0.05, 0) is 42.2 Å². The molecule has 0 spiro atoms. The van der Waals surface area contributed by atoms with E-state index in [2.05, 4.69) is 19.2 Å². The smallest absolute Gasteiger partial charge is 0.319 e. The van der Waals surface area contributed by atoms with E-state index >= 15 is 0 Å². The van der Waals surface area contributed by atoms with E-state index in [0.29, 0.717) is 5.92 Å². The molecule has 1 saturated heterocycles. The molecule has 1 fully saturated rings. The third-order valence-electron chi connectivity index (χ3n) is 4.73. The summed E-state index contributed by atoms with van der Waals surface area (Å²) >= 11 is 0. The number of amides is 3. The molecule has 0 radical (unpaired) electrons. The van der Waals surface area contributed by atoms with Gasteiger partial charge in [-0.15, -0.1) is 0 Å². The minimum atomic E-state index is -1.64. The van der Waals surface area contributed by atoms with Crippen LogP contribution in [0.15, 0.2) is 42.5 Å². The van der Waals surface area contributed by atoms with E-state index in [1.807, 2.05) is 24.3 Å². The molecule has 0 saturated carbocycles. The molecule has 3 amide bonds. The summed E-state index contributed by atoms with van der Waals surface area (Å²) in [7, 11) is 0. The summed E-state index contributed by atoms with van der Waals surface area (Å²) in [4.78, 5) is 26.2. The van der Waals surface area contributed by atoms with Crippen molar-refractivity contribution in [2.24, 2.45) is 0 Å². The van der Waals surface area contributed by atoms with E-state index in [1.165, 1.54) is 6.92 Å². The van der Waals surface area contributed by atoms with Crippen LogP contribution in [0.4, 0.5) is 13.6 Å². The van der Waals surface area contributed by atoms with E-state index in [-0.39, 0.29) is 12.1 Å². The molecule has 26 heavy (non-hydrogen) atoms. The Balaban J connectivity index is 1.88. The molecule has 0 aliphatic carbocycles. The van der Waals surface area contributed by atoms with Crippen molar-refractivity contribution >= 4 is 11.9 Å². The van der Waals surface area contributed by atoms with Gasteiger partial charge in [-0.1, -0.05) is 38.1 Å². The Kier molecular flexibility index (Phi) is 4.52. The first-order chi connectivity index (χ1) is 12.2. The van der Waals surface area contributed by atoms with E-state index in [1.54, 1.807) is 0 Å². The molecule has 0 aromatic heterocycles. The van der Waals surface area contributed by atoms with E-state index in [4.69, 9.17) is 0 Å². The first-order valence-electron chi connectivity index (χ1n) is 8.41. The van der Waals surface area contributed by atoms with Crippen LogP contribution in [0.1, 0.15) is 43.4 Å². The summed E-state index contributed by atoms with van der Waals surface area (Å²) in [6, 6.07) is 9.83. The van der Waals surface area contributed by atoms with Crippen molar-refractivity contribution in [3.8, 4) is 0 Å². The zero-order valence-corrected chi connectivity index (χ0v) is 14.8. The molecule has 0 bridgehead atoms. The van der Waals surface area contributed by atoms with Crippen molar-refractivity contribution in [1.82, 2.24) is 10.2 Å². The van der Waals surface area contributed by atoms with Gasteiger partial charge in [0, 0.05) is 5.56 Å². The Hall–Kier alpha value is -2.76. The maximum atomic E-state index is 14.2. The second-order valence-corrected chi connectivity index (χ2v) is 6.97. The van der Waals surface area contributed by atoms with Crippen molar-refractivity contribution in [2.75, 3.05) is 0 Å². The Morgan fingerprint density at radius 1 is 1.08 bits per heavy atom. The lowest BCUT2D eigenvalue weighted by molar-refractivity contribution is -0.131. The van der Waals surface area contributed by atoms with Gasteiger partial charge < -0.3 is 5.32 Å². The lowest BCUT2D eigenvalue weighted by Crippen LogP contribution is -2.41. The van der Waals surface area contributed by atoms with Crippen molar-refractivity contribution in [3.05, 3.63) is 70.8 Å². The maximum Gasteiger partial charge on any atom is 0.325 e. The first kappa shape index (κ1) is 18.0. The normalized spacial score (nSPS) is 20.0. The Bertz CT molecular complexity index is 865. The molecule has 6 heteroatoms. The number of carbonyl (C=O) groups excluding carboxylic acids is 2. The van der Waals surface area contributed by atoms with Crippen molar-refractivity contribution in [1.29, 1.82) is 0 Å². The van der Waals surface area contributed by atoms with Crippen LogP contribution in [0, 0.1) is 11.6 Å². The molecule has 3 rings (SSSR count). The fourth-order valence-electron chi connectivity index (χ4n) is 3.09. The zero-order valence-electron chi connectivity index (χ0n) is 14.8. The number of benzene rings is 2. The molecule has 1 atom stereocenters. The van der Waals surface area contributed by atoms with Gasteiger partial charge in [-0.3, -0.25) is 9.69 Å². The van der Waals surface area contributed by atoms with Crippen LogP contribution in [-0.2, 0) is 16.9 Å². The second kappa shape index (κ2) is 6.52. The van der Waals surface area contributed by atoms with Crippen LogP contribution in [-0.4, -0.2) is 16.8 Å². The number of hydrogen-bond acceptors (Lipinski definition) is 2.